The first-order chi connectivity index (χ1) is 4.86. The van der Waals surface area contributed by atoms with Crippen molar-refractivity contribution in [1.29, 1.82) is 0 Å². The highest BCUT2D eigenvalue weighted by Gasteiger charge is 2.07. The molecule has 0 aromatic heterocycles. The topological polar surface area (TPSA) is 0 Å². The molecule has 0 amide bonds. The Morgan fingerprint density at radius 2 is 1.10 bits per heavy atom. The van der Waals surface area contributed by atoms with Crippen LogP contribution in [0.5, 0.6) is 0 Å². The molecule has 0 aromatic rings. The Balaban J connectivity index is 2.45. The molecule has 0 heterocycles. The Hall–Kier alpha value is -0.660. The van der Waals surface area contributed by atoms with Gasteiger partial charge in [0.2, 0.25) is 0 Å². The summed E-state index contributed by atoms with van der Waals surface area (Å²) in [5, 5.41) is 0. The highest BCUT2D eigenvalue weighted by molar-refractivity contribution is 5.13. The molecule has 10 heavy (non-hydrogen) atoms. The molecule has 0 nitrogen and oxygen atoms in total. The van der Waals surface area contributed by atoms with Crippen molar-refractivity contribution >= 4 is 0 Å². The maximum absolute atomic E-state index is 11.9. The Morgan fingerprint density at radius 3 is 1.30 bits per heavy atom. The molecule has 0 atom stereocenters. The minimum atomic E-state index is -0.383. The second-order valence-electron chi connectivity index (χ2n) is 2.41. The van der Waals surface area contributed by atoms with Gasteiger partial charge in [0, 0.05) is 11.8 Å². The standard InChI is InChI=1S/C8H10F2/c9-5-7-1-2-8(6-10)4-3-7/h1-4,7-8H,5-6H2. The molecule has 0 radical (unpaired) electrons. The lowest BCUT2D eigenvalue weighted by atomic mass is 9.98. The van der Waals surface area contributed by atoms with Crippen molar-refractivity contribution in [1.82, 2.24) is 0 Å². The molecule has 0 N–H and O–H groups in total. The van der Waals surface area contributed by atoms with E-state index in [0.717, 1.165) is 0 Å². The van der Waals surface area contributed by atoms with Crippen molar-refractivity contribution in [3.8, 4) is 0 Å². The lowest BCUT2D eigenvalue weighted by Gasteiger charge is -2.10. The molecule has 1 rings (SSSR count). The molecule has 0 unspecified atom stereocenters. The van der Waals surface area contributed by atoms with Gasteiger partial charge in [-0.3, -0.25) is 8.78 Å². The average Bonchev–Trinajstić information content (AvgIpc) is 2.05. The van der Waals surface area contributed by atoms with Crippen LogP contribution >= 0.6 is 0 Å². The van der Waals surface area contributed by atoms with Gasteiger partial charge in [0.05, 0.1) is 13.3 Å². The maximum atomic E-state index is 11.9. The van der Waals surface area contributed by atoms with Crippen molar-refractivity contribution in [2.75, 3.05) is 13.3 Å². The van der Waals surface area contributed by atoms with Crippen molar-refractivity contribution in [2.24, 2.45) is 11.8 Å². The molecule has 0 aromatic carbocycles. The lowest BCUT2D eigenvalue weighted by Crippen LogP contribution is -2.04. The van der Waals surface area contributed by atoms with Crippen LogP contribution in [0, 0.1) is 11.8 Å². The van der Waals surface area contributed by atoms with E-state index in [1.807, 2.05) is 0 Å². The van der Waals surface area contributed by atoms with E-state index in [0.29, 0.717) is 0 Å². The van der Waals surface area contributed by atoms with E-state index in [9.17, 15) is 8.78 Å². The SMILES string of the molecule is FCC1C=CC(CF)C=C1. The van der Waals surface area contributed by atoms with Crippen LogP contribution in [0.1, 0.15) is 0 Å². The third-order valence-electron chi connectivity index (χ3n) is 1.57. The molecule has 0 saturated carbocycles. The van der Waals surface area contributed by atoms with E-state index in [1.54, 1.807) is 24.3 Å². The Kier molecular flexibility index (Phi) is 2.60. The molecule has 0 fully saturated rings. The summed E-state index contributed by atoms with van der Waals surface area (Å²) in [6.07, 6.45) is 6.85. The van der Waals surface area contributed by atoms with Gasteiger partial charge in [0.25, 0.3) is 0 Å². The first kappa shape index (κ1) is 7.45. The first-order valence-electron chi connectivity index (χ1n) is 3.35. The van der Waals surface area contributed by atoms with E-state index in [4.69, 9.17) is 0 Å². The molecule has 0 bridgehead atoms. The number of hydrogen-bond acceptors (Lipinski definition) is 0. The minimum absolute atomic E-state index is 0.122. The molecular formula is C8H10F2. The molecule has 0 spiro atoms. The molecular weight excluding hydrogens is 134 g/mol. The Morgan fingerprint density at radius 1 is 0.800 bits per heavy atom. The van der Waals surface area contributed by atoms with Crippen molar-refractivity contribution in [3.05, 3.63) is 24.3 Å². The van der Waals surface area contributed by atoms with Crippen LogP contribution < -0.4 is 0 Å². The fourth-order valence-electron chi connectivity index (χ4n) is 0.905. The summed E-state index contributed by atoms with van der Waals surface area (Å²) >= 11 is 0. The number of hydrogen-bond donors (Lipinski definition) is 0. The Labute approximate surface area is 59.2 Å². The monoisotopic (exact) mass is 144 g/mol. The smallest absolute Gasteiger partial charge is 0.0991 e. The summed E-state index contributed by atoms with van der Waals surface area (Å²) in [5.74, 6) is -0.245. The second kappa shape index (κ2) is 3.49. The number of halogens is 2. The zero-order chi connectivity index (χ0) is 7.40. The summed E-state index contributed by atoms with van der Waals surface area (Å²) in [6, 6.07) is 0. The van der Waals surface area contributed by atoms with Crippen LogP contribution in [0.15, 0.2) is 24.3 Å². The lowest BCUT2D eigenvalue weighted by molar-refractivity contribution is 0.427. The zero-order valence-electron chi connectivity index (χ0n) is 5.63. The second-order valence-corrected chi connectivity index (χ2v) is 2.41. The van der Waals surface area contributed by atoms with Crippen LogP contribution in [0.25, 0.3) is 0 Å². The van der Waals surface area contributed by atoms with E-state index in [1.165, 1.54) is 0 Å². The molecule has 0 saturated heterocycles. The van der Waals surface area contributed by atoms with Crippen LogP contribution in [0.2, 0.25) is 0 Å². The predicted molar refractivity (Wildman–Crippen MR) is 37.2 cm³/mol. The van der Waals surface area contributed by atoms with Crippen molar-refractivity contribution in [2.45, 2.75) is 0 Å². The third kappa shape index (κ3) is 1.66. The van der Waals surface area contributed by atoms with Gasteiger partial charge in [-0.05, 0) is 0 Å². The van der Waals surface area contributed by atoms with Gasteiger partial charge in [0.15, 0.2) is 0 Å². The summed E-state index contributed by atoms with van der Waals surface area (Å²) in [5.41, 5.74) is 0. The fourth-order valence-corrected chi connectivity index (χ4v) is 0.905. The van der Waals surface area contributed by atoms with Gasteiger partial charge in [0.1, 0.15) is 0 Å². The van der Waals surface area contributed by atoms with E-state index >= 15 is 0 Å². The Bertz CT molecular complexity index is 119. The third-order valence-corrected chi connectivity index (χ3v) is 1.57. The van der Waals surface area contributed by atoms with Gasteiger partial charge in [-0.15, -0.1) is 0 Å². The van der Waals surface area contributed by atoms with Gasteiger partial charge >= 0.3 is 0 Å². The summed E-state index contributed by atoms with van der Waals surface area (Å²) in [7, 11) is 0. The minimum Gasteiger partial charge on any atom is -0.250 e. The van der Waals surface area contributed by atoms with E-state index in [-0.39, 0.29) is 25.2 Å². The first-order valence-corrected chi connectivity index (χ1v) is 3.35. The van der Waals surface area contributed by atoms with Crippen molar-refractivity contribution in [3.63, 3.8) is 0 Å². The normalized spacial score (nSPS) is 31.0. The molecule has 1 aliphatic carbocycles. The van der Waals surface area contributed by atoms with Crippen LogP contribution in [-0.4, -0.2) is 13.3 Å². The molecule has 1 aliphatic rings. The molecule has 0 aliphatic heterocycles. The summed E-state index contributed by atoms with van der Waals surface area (Å²) in [6.45, 7) is -0.766. The highest BCUT2D eigenvalue weighted by Crippen LogP contribution is 2.14. The zero-order valence-corrected chi connectivity index (χ0v) is 5.63. The highest BCUT2D eigenvalue weighted by atomic mass is 19.1. The largest absolute Gasteiger partial charge is 0.250 e. The van der Waals surface area contributed by atoms with Gasteiger partial charge in [-0.25, -0.2) is 0 Å². The van der Waals surface area contributed by atoms with Crippen LogP contribution in [0.4, 0.5) is 8.78 Å². The predicted octanol–water partition coefficient (Wildman–Crippen LogP) is 2.28. The fraction of sp³-hybridized carbons (Fsp3) is 0.500. The van der Waals surface area contributed by atoms with Crippen molar-refractivity contribution < 1.29 is 8.78 Å². The molecule has 2 heteroatoms. The van der Waals surface area contributed by atoms with Gasteiger partial charge < -0.3 is 0 Å². The van der Waals surface area contributed by atoms with Crippen LogP contribution in [-0.2, 0) is 0 Å². The summed E-state index contributed by atoms with van der Waals surface area (Å²) in [4.78, 5) is 0. The number of rotatable bonds is 2. The van der Waals surface area contributed by atoms with Gasteiger partial charge in [-0.1, -0.05) is 24.3 Å². The summed E-state index contributed by atoms with van der Waals surface area (Å²) < 4.78 is 23.8. The average molecular weight is 144 g/mol. The van der Waals surface area contributed by atoms with E-state index < -0.39 is 0 Å². The van der Waals surface area contributed by atoms with E-state index in [2.05, 4.69) is 0 Å². The number of alkyl halides is 2. The molecule has 56 valence electrons. The number of allylic oxidation sites excluding steroid dienone is 4. The van der Waals surface area contributed by atoms with Crippen LogP contribution in [0.3, 0.4) is 0 Å². The van der Waals surface area contributed by atoms with Gasteiger partial charge in [-0.2, -0.15) is 0 Å². The quantitative estimate of drug-likeness (QED) is 0.521. The maximum Gasteiger partial charge on any atom is 0.0991 e.